The molecule has 0 fully saturated rings. The summed E-state index contributed by atoms with van der Waals surface area (Å²) in [5.41, 5.74) is 0.822. The quantitative estimate of drug-likeness (QED) is 0.882. The second-order valence-corrected chi connectivity index (χ2v) is 8.24. The van der Waals surface area contributed by atoms with Crippen molar-refractivity contribution < 1.29 is 13.5 Å². The molecule has 1 atom stereocenters. The first-order valence-corrected chi connectivity index (χ1v) is 9.33. The van der Waals surface area contributed by atoms with Crippen molar-refractivity contribution in [2.75, 3.05) is 19.8 Å². The lowest BCUT2D eigenvalue weighted by atomic mass is 9.95. The highest BCUT2D eigenvalue weighted by Gasteiger charge is 2.25. The number of aliphatic hydroxyl groups is 1. The van der Waals surface area contributed by atoms with Crippen LogP contribution in [0.15, 0.2) is 59.5 Å². The summed E-state index contributed by atoms with van der Waals surface area (Å²) in [5.74, 6) is 0. The summed E-state index contributed by atoms with van der Waals surface area (Å²) in [6.45, 7) is 2.92. The molecule has 0 heterocycles. The van der Waals surface area contributed by atoms with Crippen LogP contribution in [0.2, 0.25) is 0 Å². The number of hydrogen-bond acceptors (Lipinski definition) is 4. The zero-order valence-electron chi connectivity index (χ0n) is 13.7. The van der Waals surface area contributed by atoms with Crippen molar-refractivity contribution in [1.29, 1.82) is 0 Å². The first-order chi connectivity index (χ1) is 10.7. The molecular weight excluding hydrogens is 310 g/mol. The van der Waals surface area contributed by atoms with Gasteiger partial charge in [-0.3, -0.25) is 4.90 Å². The molecule has 5 heteroatoms. The molecular formula is C18H23NO3S. The van der Waals surface area contributed by atoms with Crippen LogP contribution in [-0.2, 0) is 22.0 Å². The van der Waals surface area contributed by atoms with Crippen LogP contribution in [0.25, 0.3) is 0 Å². The Morgan fingerprint density at radius 2 is 1.61 bits per heavy atom. The molecule has 0 saturated carbocycles. The molecule has 2 aromatic carbocycles. The minimum absolute atomic E-state index is 0.259. The molecule has 0 radical (unpaired) electrons. The fraction of sp³-hybridized carbons (Fsp3) is 0.333. The Labute approximate surface area is 138 Å². The molecule has 124 valence electrons. The second-order valence-electron chi connectivity index (χ2n) is 6.23. The maximum Gasteiger partial charge on any atom is 0.175 e. The molecule has 0 spiro atoms. The van der Waals surface area contributed by atoms with Gasteiger partial charge in [-0.1, -0.05) is 42.5 Å². The van der Waals surface area contributed by atoms with Gasteiger partial charge in [0.05, 0.1) is 10.5 Å². The lowest BCUT2D eigenvalue weighted by molar-refractivity contribution is 0.0213. The number of nitrogens with zero attached hydrogens (tertiary/aromatic N) is 1. The van der Waals surface area contributed by atoms with E-state index in [2.05, 4.69) is 0 Å². The van der Waals surface area contributed by atoms with E-state index in [0.29, 0.717) is 12.1 Å². The molecule has 0 amide bonds. The van der Waals surface area contributed by atoms with E-state index < -0.39 is 15.4 Å². The molecule has 4 nitrogen and oxygen atoms in total. The normalized spacial score (nSPS) is 14.7. The van der Waals surface area contributed by atoms with Gasteiger partial charge in [-0.25, -0.2) is 8.42 Å². The van der Waals surface area contributed by atoms with Crippen molar-refractivity contribution in [3.05, 3.63) is 65.7 Å². The van der Waals surface area contributed by atoms with Gasteiger partial charge in [0.1, 0.15) is 0 Å². The first-order valence-electron chi connectivity index (χ1n) is 7.44. The predicted molar refractivity (Wildman–Crippen MR) is 91.9 cm³/mol. The average Bonchev–Trinajstić information content (AvgIpc) is 2.47. The van der Waals surface area contributed by atoms with Gasteiger partial charge in [0, 0.05) is 19.3 Å². The molecule has 2 aromatic rings. The summed E-state index contributed by atoms with van der Waals surface area (Å²) in [6, 6.07) is 16.5. The number of benzene rings is 2. The summed E-state index contributed by atoms with van der Waals surface area (Å²) >= 11 is 0. The van der Waals surface area contributed by atoms with Crippen molar-refractivity contribution in [3.63, 3.8) is 0 Å². The summed E-state index contributed by atoms with van der Waals surface area (Å²) in [5, 5.41) is 10.7. The lowest BCUT2D eigenvalue weighted by Crippen LogP contribution is -2.36. The highest BCUT2D eigenvalue weighted by atomic mass is 32.2. The predicted octanol–water partition coefficient (Wildman–Crippen LogP) is 2.43. The molecule has 0 aromatic heterocycles. The third-order valence-electron chi connectivity index (χ3n) is 3.78. The van der Waals surface area contributed by atoms with Crippen molar-refractivity contribution in [2.24, 2.45) is 0 Å². The van der Waals surface area contributed by atoms with E-state index in [1.165, 1.54) is 24.0 Å². The fourth-order valence-electron chi connectivity index (χ4n) is 2.63. The van der Waals surface area contributed by atoms with Crippen LogP contribution in [0.3, 0.4) is 0 Å². The maximum atomic E-state index is 11.5. The van der Waals surface area contributed by atoms with Crippen LogP contribution < -0.4 is 0 Å². The topological polar surface area (TPSA) is 57.6 Å². The fourth-order valence-corrected chi connectivity index (χ4v) is 3.26. The van der Waals surface area contributed by atoms with E-state index in [0.717, 1.165) is 6.54 Å². The van der Waals surface area contributed by atoms with E-state index in [1.807, 2.05) is 42.3 Å². The van der Waals surface area contributed by atoms with Gasteiger partial charge in [-0.2, -0.15) is 0 Å². The molecule has 23 heavy (non-hydrogen) atoms. The molecule has 0 aliphatic carbocycles. The van der Waals surface area contributed by atoms with E-state index in [1.54, 1.807) is 19.1 Å². The van der Waals surface area contributed by atoms with Crippen molar-refractivity contribution >= 4 is 9.84 Å². The van der Waals surface area contributed by atoms with Gasteiger partial charge in [0.15, 0.2) is 9.84 Å². The van der Waals surface area contributed by atoms with Crippen LogP contribution in [0.5, 0.6) is 0 Å². The summed E-state index contributed by atoms with van der Waals surface area (Å²) < 4.78 is 23.0. The summed E-state index contributed by atoms with van der Waals surface area (Å²) in [4.78, 5) is 2.30. The Kier molecular flexibility index (Phi) is 5.24. The van der Waals surface area contributed by atoms with Gasteiger partial charge in [-0.05, 0) is 37.2 Å². The van der Waals surface area contributed by atoms with Crippen molar-refractivity contribution in [3.8, 4) is 0 Å². The zero-order chi connectivity index (χ0) is 17.1. The van der Waals surface area contributed by atoms with Crippen LogP contribution in [0.4, 0.5) is 0 Å². The average molecular weight is 333 g/mol. The van der Waals surface area contributed by atoms with Crippen LogP contribution in [0, 0.1) is 0 Å². The molecule has 0 unspecified atom stereocenters. The van der Waals surface area contributed by atoms with Gasteiger partial charge < -0.3 is 5.11 Å². The summed E-state index contributed by atoms with van der Waals surface area (Å²) in [7, 11) is -1.27. The largest absolute Gasteiger partial charge is 0.384 e. The smallest absolute Gasteiger partial charge is 0.175 e. The highest BCUT2D eigenvalue weighted by Crippen LogP contribution is 2.23. The number of likely N-dealkylation sites (N-methyl/N-ethyl adjacent to an activating group) is 1. The lowest BCUT2D eigenvalue weighted by Gasteiger charge is -2.29. The summed E-state index contributed by atoms with van der Waals surface area (Å²) in [6.07, 6.45) is 1.17. The SMILES string of the molecule is CN(Cc1ccccc1)C[C@@](C)(O)c1ccc(S(C)(=O)=O)cc1. The third-order valence-corrected chi connectivity index (χ3v) is 4.91. The van der Waals surface area contributed by atoms with Gasteiger partial charge in [0.2, 0.25) is 0 Å². The second kappa shape index (κ2) is 6.83. The Morgan fingerprint density at radius 1 is 1.04 bits per heavy atom. The number of hydrogen-bond donors (Lipinski definition) is 1. The van der Waals surface area contributed by atoms with Gasteiger partial charge >= 0.3 is 0 Å². The molecule has 0 aliphatic rings. The molecule has 0 bridgehead atoms. The first kappa shape index (κ1) is 17.7. The minimum atomic E-state index is -3.22. The van der Waals surface area contributed by atoms with Gasteiger partial charge in [0.25, 0.3) is 0 Å². The third kappa shape index (κ3) is 4.89. The molecule has 0 saturated heterocycles. The minimum Gasteiger partial charge on any atom is -0.384 e. The van der Waals surface area contributed by atoms with E-state index in [-0.39, 0.29) is 4.90 Å². The molecule has 2 rings (SSSR count). The Morgan fingerprint density at radius 3 is 2.13 bits per heavy atom. The number of rotatable bonds is 6. The van der Waals surface area contributed by atoms with Gasteiger partial charge in [-0.15, -0.1) is 0 Å². The van der Waals surface area contributed by atoms with Crippen LogP contribution in [0.1, 0.15) is 18.1 Å². The van der Waals surface area contributed by atoms with Crippen molar-refractivity contribution in [1.82, 2.24) is 4.90 Å². The van der Waals surface area contributed by atoms with Crippen LogP contribution >= 0.6 is 0 Å². The van der Waals surface area contributed by atoms with E-state index in [9.17, 15) is 13.5 Å². The van der Waals surface area contributed by atoms with Crippen molar-refractivity contribution in [2.45, 2.75) is 24.0 Å². The standard InChI is InChI=1S/C18H23NO3S/c1-18(20,14-19(2)13-15-7-5-4-6-8-15)16-9-11-17(12-10-16)23(3,21)22/h4-12,20H,13-14H2,1-3H3/t18-/m1/s1. The Hall–Kier alpha value is -1.69. The maximum absolute atomic E-state index is 11.5. The molecule has 0 aliphatic heterocycles. The highest BCUT2D eigenvalue weighted by molar-refractivity contribution is 7.90. The zero-order valence-corrected chi connectivity index (χ0v) is 14.5. The molecule has 1 N–H and O–H groups in total. The van der Waals surface area contributed by atoms with E-state index >= 15 is 0 Å². The Bertz CT molecular complexity index is 738. The van der Waals surface area contributed by atoms with E-state index in [4.69, 9.17) is 0 Å². The monoisotopic (exact) mass is 333 g/mol. The number of sulfone groups is 1. The Balaban J connectivity index is 2.08. The van der Waals surface area contributed by atoms with Crippen LogP contribution in [-0.4, -0.2) is 38.3 Å².